The van der Waals surface area contributed by atoms with Gasteiger partial charge in [0.25, 0.3) is 5.91 Å². The molecule has 0 fully saturated rings. The maximum atomic E-state index is 12.0. The van der Waals surface area contributed by atoms with Gasteiger partial charge in [-0.3, -0.25) is 4.79 Å². The van der Waals surface area contributed by atoms with Crippen molar-refractivity contribution in [2.45, 2.75) is 13.8 Å². The molecule has 0 radical (unpaired) electrons. The Bertz CT molecular complexity index is 784. The summed E-state index contributed by atoms with van der Waals surface area (Å²) in [6.07, 6.45) is 0. The van der Waals surface area contributed by atoms with E-state index in [0.29, 0.717) is 11.4 Å². The lowest BCUT2D eigenvalue weighted by Gasteiger charge is -2.12. The standard InChI is InChI=1S/C17H15BrClNO4/c1-9-5-10(2)16(13(18)6-9)24-8-15(21)20-11-3-4-14(19)12(7-11)17(22)23/h3-7H,8H2,1-2H3,(H,20,21)(H,22,23). The Hall–Kier alpha value is -2.05. The zero-order valence-corrected chi connectivity index (χ0v) is 15.4. The number of carbonyl (C=O) groups is 2. The first-order valence-electron chi connectivity index (χ1n) is 7.00. The quantitative estimate of drug-likeness (QED) is 0.761. The highest BCUT2D eigenvalue weighted by Gasteiger charge is 2.12. The number of benzene rings is 2. The molecule has 1 amide bonds. The van der Waals surface area contributed by atoms with E-state index in [9.17, 15) is 9.59 Å². The third kappa shape index (κ3) is 4.49. The van der Waals surface area contributed by atoms with Gasteiger partial charge in [0.1, 0.15) is 5.75 Å². The van der Waals surface area contributed by atoms with Crippen LogP contribution in [0.25, 0.3) is 0 Å². The smallest absolute Gasteiger partial charge is 0.337 e. The van der Waals surface area contributed by atoms with Crippen LogP contribution in [-0.2, 0) is 4.79 Å². The SMILES string of the molecule is Cc1cc(C)c(OCC(=O)Nc2ccc(Cl)c(C(=O)O)c2)c(Br)c1. The van der Waals surface area contributed by atoms with Crippen LogP contribution in [0, 0.1) is 13.8 Å². The number of anilines is 1. The first-order chi connectivity index (χ1) is 11.3. The van der Waals surface area contributed by atoms with Gasteiger partial charge in [0, 0.05) is 5.69 Å². The third-order valence-electron chi connectivity index (χ3n) is 3.20. The summed E-state index contributed by atoms with van der Waals surface area (Å²) >= 11 is 9.20. The maximum Gasteiger partial charge on any atom is 0.337 e. The van der Waals surface area contributed by atoms with Crippen LogP contribution in [0.5, 0.6) is 5.75 Å². The summed E-state index contributed by atoms with van der Waals surface area (Å²) in [6.45, 7) is 3.66. The second kappa shape index (κ2) is 7.68. The average molecular weight is 413 g/mol. The van der Waals surface area contributed by atoms with Crippen LogP contribution in [-0.4, -0.2) is 23.6 Å². The number of aryl methyl sites for hydroxylation is 2. The minimum atomic E-state index is -1.16. The van der Waals surface area contributed by atoms with E-state index in [4.69, 9.17) is 21.4 Å². The minimum Gasteiger partial charge on any atom is -0.482 e. The number of ether oxygens (including phenoxy) is 1. The molecule has 0 atom stereocenters. The van der Waals surface area contributed by atoms with Gasteiger partial charge in [-0.15, -0.1) is 0 Å². The fraction of sp³-hybridized carbons (Fsp3) is 0.176. The molecule has 0 unspecified atom stereocenters. The lowest BCUT2D eigenvalue weighted by molar-refractivity contribution is -0.118. The Morgan fingerprint density at radius 3 is 2.58 bits per heavy atom. The topological polar surface area (TPSA) is 75.6 Å². The summed E-state index contributed by atoms with van der Waals surface area (Å²) in [5.74, 6) is -0.967. The number of rotatable bonds is 5. The summed E-state index contributed by atoms with van der Waals surface area (Å²) < 4.78 is 6.33. The molecule has 2 N–H and O–H groups in total. The first kappa shape index (κ1) is 18.3. The summed E-state index contributed by atoms with van der Waals surface area (Å²) in [7, 11) is 0. The van der Waals surface area contributed by atoms with Crippen molar-refractivity contribution in [1.29, 1.82) is 0 Å². The maximum absolute atomic E-state index is 12.0. The average Bonchev–Trinajstić information content (AvgIpc) is 2.47. The van der Waals surface area contributed by atoms with E-state index in [1.165, 1.54) is 18.2 Å². The van der Waals surface area contributed by atoms with Crippen LogP contribution in [0.2, 0.25) is 5.02 Å². The van der Waals surface area contributed by atoms with Crippen LogP contribution in [0.4, 0.5) is 5.69 Å². The molecule has 0 aliphatic carbocycles. The molecule has 7 heteroatoms. The summed E-state index contributed by atoms with van der Waals surface area (Å²) in [5, 5.41) is 11.7. The number of hydrogen-bond acceptors (Lipinski definition) is 3. The summed E-state index contributed by atoms with van der Waals surface area (Å²) in [4.78, 5) is 23.1. The van der Waals surface area contributed by atoms with Crippen LogP contribution in [0.15, 0.2) is 34.8 Å². The molecule has 0 saturated heterocycles. The molecular formula is C17H15BrClNO4. The lowest BCUT2D eigenvalue weighted by Crippen LogP contribution is -2.20. The number of aromatic carboxylic acids is 1. The molecule has 2 aromatic carbocycles. The molecule has 0 heterocycles. The molecule has 126 valence electrons. The van der Waals surface area contributed by atoms with E-state index >= 15 is 0 Å². The molecule has 0 saturated carbocycles. The zero-order chi connectivity index (χ0) is 17.9. The summed E-state index contributed by atoms with van der Waals surface area (Å²) in [6, 6.07) is 8.10. The number of nitrogens with one attached hydrogen (secondary N) is 1. The first-order valence-corrected chi connectivity index (χ1v) is 8.17. The fourth-order valence-corrected chi connectivity index (χ4v) is 3.17. The second-order valence-electron chi connectivity index (χ2n) is 5.23. The van der Waals surface area contributed by atoms with Crippen molar-refractivity contribution < 1.29 is 19.4 Å². The number of carboxylic acid groups (broad SMARTS) is 1. The van der Waals surface area contributed by atoms with Gasteiger partial charge in [0.15, 0.2) is 6.61 Å². The molecule has 0 aliphatic heterocycles. The van der Waals surface area contributed by atoms with Crippen LogP contribution < -0.4 is 10.1 Å². The number of amides is 1. The largest absolute Gasteiger partial charge is 0.482 e. The molecule has 0 bridgehead atoms. The van der Waals surface area contributed by atoms with Crippen LogP contribution >= 0.6 is 27.5 Å². The number of hydrogen-bond donors (Lipinski definition) is 2. The van der Waals surface area contributed by atoms with Gasteiger partial charge < -0.3 is 15.2 Å². The molecule has 24 heavy (non-hydrogen) atoms. The van der Waals surface area contributed by atoms with Gasteiger partial charge in [-0.05, 0) is 65.2 Å². The number of carboxylic acids is 1. The van der Waals surface area contributed by atoms with Crippen molar-refractivity contribution >= 4 is 45.1 Å². The predicted octanol–water partition coefficient (Wildman–Crippen LogP) is 4.44. The van der Waals surface area contributed by atoms with Crippen molar-refractivity contribution in [1.82, 2.24) is 0 Å². The van der Waals surface area contributed by atoms with Gasteiger partial charge in [0.05, 0.1) is 15.1 Å². The Kier molecular flexibility index (Phi) is 5.85. The van der Waals surface area contributed by atoms with Gasteiger partial charge in [0.2, 0.25) is 0 Å². The van der Waals surface area contributed by atoms with E-state index < -0.39 is 11.9 Å². The monoisotopic (exact) mass is 411 g/mol. The molecule has 0 spiro atoms. The lowest BCUT2D eigenvalue weighted by atomic mass is 10.1. The zero-order valence-electron chi connectivity index (χ0n) is 13.0. The second-order valence-corrected chi connectivity index (χ2v) is 6.49. The molecule has 2 rings (SSSR count). The van der Waals surface area contributed by atoms with Crippen LogP contribution in [0.1, 0.15) is 21.5 Å². The minimum absolute atomic E-state index is 0.0764. The highest BCUT2D eigenvalue weighted by atomic mass is 79.9. The normalized spacial score (nSPS) is 10.3. The van der Waals surface area contributed by atoms with E-state index in [-0.39, 0.29) is 17.2 Å². The Morgan fingerprint density at radius 2 is 1.96 bits per heavy atom. The van der Waals surface area contributed by atoms with Gasteiger partial charge in [-0.25, -0.2) is 4.79 Å². The highest BCUT2D eigenvalue weighted by Crippen LogP contribution is 2.30. The third-order valence-corrected chi connectivity index (χ3v) is 4.12. The van der Waals surface area contributed by atoms with Crippen molar-refractivity contribution in [3.63, 3.8) is 0 Å². The van der Waals surface area contributed by atoms with Gasteiger partial charge >= 0.3 is 5.97 Å². The van der Waals surface area contributed by atoms with E-state index in [2.05, 4.69) is 21.2 Å². The fourth-order valence-electron chi connectivity index (χ4n) is 2.19. The number of halogens is 2. The van der Waals surface area contributed by atoms with Crippen molar-refractivity contribution in [3.8, 4) is 5.75 Å². The Morgan fingerprint density at radius 1 is 1.25 bits per heavy atom. The highest BCUT2D eigenvalue weighted by molar-refractivity contribution is 9.10. The van der Waals surface area contributed by atoms with E-state index in [0.717, 1.165) is 15.6 Å². The van der Waals surface area contributed by atoms with Gasteiger partial charge in [-0.2, -0.15) is 0 Å². The van der Waals surface area contributed by atoms with Gasteiger partial charge in [-0.1, -0.05) is 17.7 Å². The predicted molar refractivity (Wildman–Crippen MR) is 96.2 cm³/mol. The van der Waals surface area contributed by atoms with Crippen molar-refractivity contribution in [2.24, 2.45) is 0 Å². The Labute approximate surface area is 152 Å². The molecule has 5 nitrogen and oxygen atoms in total. The van der Waals surface area contributed by atoms with Crippen molar-refractivity contribution in [3.05, 3.63) is 56.5 Å². The van der Waals surface area contributed by atoms with E-state index in [1.807, 2.05) is 26.0 Å². The molecule has 2 aromatic rings. The summed E-state index contributed by atoms with van der Waals surface area (Å²) in [5.41, 5.74) is 2.26. The molecule has 0 aromatic heterocycles. The number of carbonyl (C=O) groups excluding carboxylic acids is 1. The molecular weight excluding hydrogens is 398 g/mol. The van der Waals surface area contributed by atoms with Crippen molar-refractivity contribution in [2.75, 3.05) is 11.9 Å². The van der Waals surface area contributed by atoms with E-state index in [1.54, 1.807) is 0 Å². The van der Waals surface area contributed by atoms with Crippen LogP contribution in [0.3, 0.4) is 0 Å². The molecule has 0 aliphatic rings. The Balaban J connectivity index is 2.04.